The highest BCUT2D eigenvalue weighted by Crippen LogP contribution is 2.21. The number of hydrogen-bond acceptors (Lipinski definition) is 1. The maximum absolute atomic E-state index is 5.64. The zero-order valence-corrected chi connectivity index (χ0v) is 12.1. The Bertz CT molecular complexity index is 583. The summed E-state index contributed by atoms with van der Waals surface area (Å²) in [4.78, 5) is 3.47. The molecule has 1 nitrogen and oxygen atoms in total. The van der Waals surface area contributed by atoms with E-state index < -0.39 is 0 Å². The zero-order valence-electron chi connectivity index (χ0n) is 11.3. The van der Waals surface area contributed by atoms with E-state index in [1.165, 1.54) is 42.3 Å². The van der Waals surface area contributed by atoms with Crippen LogP contribution in [0.5, 0.6) is 0 Å². The first-order valence-corrected chi connectivity index (χ1v) is 7.25. The van der Waals surface area contributed by atoms with Gasteiger partial charge in [0, 0.05) is 16.6 Å². The summed E-state index contributed by atoms with van der Waals surface area (Å²) in [6.07, 6.45) is 6.25. The van der Waals surface area contributed by atoms with E-state index in [0.717, 1.165) is 16.4 Å². The number of aromatic nitrogens is 1. The van der Waals surface area contributed by atoms with Crippen molar-refractivity contribution in [3.63, 3.8) is 0 Å². The number of pyridine rings is 1. The van der Waals surface area contributed by atoms with Gasteiger partial charge in [-0.2, -0.15) is 0 Å². The molecule has 0 aliphatic heterocycles. The van der Waals surface area contributed by atoms with Gasteiger partial charge >= 0.3 is 0 Å². The molecule has 2 rings (SSSR count). The third-order valence-corrected chi connectivity index (χ3v) is 3.97. The Morgan fingerprint density at radius 3 is 2.67 bits per heavy atom. The first kappa shape index (κ1) is 13.3. The van der Waals surface area contributed by atoms with Crippen LogP contribution in [0.15, 0.2) is 24.3 Å². The predicted octanol–water partition coefficient (Wildman–Crippen LogP) is 5.33. The maximum Gasteiger partial charge on any atom is 0.0519 e. The third kappa shape index (κ3) is 2.81. The van der Waals surface area contributed by atoms with Crippen molar-refractivity contribution in [2.75, 3.05) is 0 Å². The van der Waals surface area contributed by atoms with Crippen molar-refractivity contribution in [2.45, 2.75) is 46.0 Å². The molecule has 0 radical (unpaired) electrons. The van der Waals surface area contributed by atoms with E-state index in [4.69, 9.17) is 12.2 Å². The third-order valence-electron chi connectivity index (χ3n) is 3.50. The highest BCUT2D eigenvalue weighted by Gasteiger charge is 2.05. The number of unbranched alkanes of at least 4 members (excludes halogenated alkanes) is 3. The van der Waals surface area contributed by atoms with Crippen LogP contribution in [0.3, 0.4) is 0 Å². The van der Waals surface area contributed by atoms with Crippen LogP contribution in [0.1, 0.15) is 43.9 Å². The minimum Gasteiger partial charge on any atom is -0.358 e. The summed E-state index contributed by atoms with van der Waals surface area (Å²) in [6.45, 7) is 4.38. The van der Waals surface area contributed by atoms with Crippen molar-refractivity contribution in [1.29, 1.82) is 0 Å². The van der Waals surface area contributed by atoms with Gasteiger partial charge in [-0.1, -0.05) is 56.6 Å². The summed E-state index contributed by atoms with van der Waals surface area (Å²) in [5, 5.41) is 1.18. The lowest BCUT2D eigenvalue weighted by molar-refractivity contribution is 0.664. The number of H-pyrrole nitrogens is 1. The monoisotopic (exact) mass is 259 g/mol. The second-order valence-corrected chi connectivity index (χ2v) is 5.32. The van der Waals surface area contributed by atoms with E-state index in [-0.39, 0.29) is 0 Å². The fraction of sp³-hybridized carbons (Fsp3) is 0.438. The molecule has 0 bridgehead atoms. The molecule has 1 N–H and O–H groups in total. The van der Waals surface area contributed by atoms with Gasteiger partial charge in [-0.3, -0.25) is 0 Å². The lowest BCUT2D eigenvalue weighted by atomic mass is 10.0. The molecule has 0 amide bonds. The number of fused-ring (bicyclic) bond motifs is 1. The van der Waals surface area contributed by atoms with Crippen molar-refractivity contribution in [3.8, 4) is 0 Å². The quantitative estimate of drug-likeness (QED) is 0.567. The molecule has 2 heteroatoms. The van der Waals surface area contributed by atoms with E-state index in [1.807, 2.05) is 6.07 Å². The van der Waals surface area contributed by atoms with Gasteiger partial charge in [0.1, 0.15) is 0 Å². The summed E-state index contributed by atoms with van der Waals surface area (Å²) < 4.78 is 1.04. The summed E-state index contributed by atoms with van der Waals surface area (Å²) in [5.41, 5.74) is 3.72. The second-order valence-electron chi connectivity index (χ2n) is 4.91. The molecule has 0 aliphatic rings. The Morgan fingerprint density at radius 2 is 1.89 bits per heavy atom. The van der Waals surface area contributed by atoms with E-state index in [9.17, 15) is 0 Å². The lowest BCUT2D eigenvalue weighted by Gasteiger charge is -2.09. The van der Waals surface area contributed by atoms with Crippen LogP contribution in [0.4, 0.5) is 0 Å². The molecule has 1 aromatic heterocycles. The van der Waals surface area contributed by atoms with Crippen LogP contribution in [0.25, 0.3) is 10.9 Å². The molecule has 0 unspecified atom stereocenters. The van der Waals surface area contributed by atoms with Crippen LogP contribution < -0.4 is 0 Å². The number of rotatable bonds is 5. The van der Waals surface area contributed by atoms with Crippen LogP contribution in [-0.4, -0.2) is 4.98 Å². The van der Waals surface area contributed by atoms with Gasteiger partial charge in [0.2, 0.25) is 0 Å². The molecule has 96 valence electrons. The van der Waals surface area contributed by atoms with Crippen LogP contribution in [0, 0.1) is 11.4 Å². The lowest BCUT2D eigenvalue weighted by Crippen LogP contribution is -1.96. The standard InChI is InChI=1S/C16H21NS/c1-3-4-5-6-9-13-12(2)17-15-11-8-7-10-14(15)16(13)18/h7-8,10-11H,3-6,9H2,1-2H3,(H,17,18). The van der Waals surface area contributed by atoms with Gasteiger partial charge in [0.25, 0.3) is 0 Å². The molecule has 0 spiro atoms. The zero-order chi connectivity index (χ0) is 13.0. The van der Waals surface area contributed by atoms with E-state index in [0.29, 0.717) is 0 Å². The normalized spacial score (nSPS) is 11.0. The molecule has 0 atom stereocenters. The van der Waals surface area contributed by atoms with Gasteiger partial charge in [-0.05, 0) is 31.4 Å². The Kier molecular flexibility index (Phi) is 4.54. The van der Waals surface area contributed by atoms with Gasteiger partial charge in [0.15, 0.2) is 0 Å². The molecule has 1 heterocycles. The van der Waals surface area contributed by atoms with Crippen LogP contribution in [0.2, 0.25) is 0 Å². The number of aromatic amines is 1. The second kappa shape index (κ2) is 6.14. The molecule has 18 heavy (non-hydrogen) atoms. The smallest absolute Gasteiger partial charge is 0.0519 e. The fourth-order valence-corrected chi connectivity index (χ4v) is 2.86. The average molecular weight is 259 g/mol. The molecule has 0 saturated heterocycles. The largest absolute Gasteiger partial charge is 0.358 e. The van der Waals surface area contributed by atoms with Gasteiger partial charge in [-0.15, -0.1) is 0 Å². The van der Waals surface area contributed by atoms with Crippen molar-refractivity contribution in [1.82, 2.24) is 4.98 Å². The fourth-order valence-electron chi connectivity index (χ4n) is 2.43. The molecular formula is C16H21NS. The molecule has 1 aromatic carbocycles. The highest BCUT2D eigenvalue weighted by atomic mass is 32.1. The van der Waals surface area contributed by atoms with Crippen molar-refractivity contribution in [3.05, 3.63) is 40.0 Å². The number of nitrogens with one attached hydrogen (secondary N) is 1. The van der Waals surface area contributed by atoms with Crippen molar-refractivity contribution >= 4 is 23.1 Å². The number of aryl methyl sites for hydroxylation is 1. The minimum absolute atomic E-state index is 1.04. The number of hydrogen-bond donors (Lipinski definition) is 1. The maximum atomic E-state index is 5.64. The summed E-state index contributed by atoms with van der Waals surface area (Å²) in [7, 11) is 0. The predicted molar refractivity (Wildman–Crippen MR) is 81.7 cm³/mol. The molecular weight excluding hydrogens is 238 g/mol. The first-order valence-electron chi connectivity index (χ1n) is 6.84. The minimum atomic E-state index is 1.04. The van der Waals surface area contributed by atoms with Gasteiger partial charge in [-0.25, -0.2) is 0 Å². The van der Waals surface area contributed by atoms with E-state index in [2.05, 4.69) is 37.0 Å². The van der Waals surface area contributed by atoms with Gasteiger partial charge < -0.3 is 4.98 Å². The van der Waals surface area contributed by atoms with Crippen LogP contribution >= 0.6 is 12.2 Å². The first-order chi connectivity index (χ1) is 8.74. The Balaban J connectivity index is 2.30. The molecule has 0 fully saturated rings. The SMILES string of the molecule is CCCCCCc1c(C)[nH]c2ccccc2c1=S. The van der Waals surface area contributed by atoms with E-state index >= 15 is 0 Å². The van der Waals surface area contributed by atoms with Crippen molar-refractivity contribution < 1.29 is 0 Å². The molecule has 0 saturated carbocycles. The molecule has 2 aromatic rings. The Labute approximate surface area is 114 Å². The summed E-state index contributed by atoms with van der Waals surface area (Å²) in [5.74, 6) is 0. The average Bonchev–Trinajstić information content (AvgIpc) is 2.38. The van der Waals surface area contributed by atoms with E-state index in [1.54, 1.807) is 0 Å². The number of para-hydroxylation sites is 1. The summed E-state index contributed by atoms with van der Waals surface area (Å²) >= 11 is 5.64. The Hall–Kier alpha value is -1.15. The van der Waals surface area contributed by atoms with Gasteiger partial charge in [0.05, 0.1) is 4.51 Å². The molecule has 0 aliphatic carbocycles. The highest BCUT2D eigenvalue weighted by molar-refractivity contribution is 7.71. The van der Waals surface area contributed by atoms with Crippen LogP contribution in [-0.2, 0) is 6.42 Å². The topological polar surface area (TPSA) is 15.8 Å². The van der Waals surface area contributed by atoms with Crippen molar-refractivity contribution in [2.24, 2.45) is 0 Å². The Morgan fingerprint density at radius 1 is 1.11 bits per heavy atom. The number of benzene rings is 1. The summed E-state index contributed by atoms with van der Waals surface area (Å²) in [6, 6.07) is 8.32.